The molecule has 33 heavy (non-hydrogen) atoms. The molecule has 2 aromatic carbocycles. The fourth-order valence-corrected chi connectivity index (χ4v) is 4.84. The number of carbonyl (C=O) groups is 3. The quantitative estimate of drug-likeness (QED) is 0.643. The molecule has 2 N–H and O–H groups in total. The molecule has 1 aliphatic carbocycles. The van der Waals surface area contributed by atoms with Crippen LogP contribution in [0.2, 0.25) is 5.02 Å². The van der Waals surface area contributed by atoms with E-state index in [4.69, 9.17) is 16.3 Å². The number of hydrogen-bond acceptors (Lipinski definition) is 4. The summed E-state index contributed by atoms with van der Waals surface area (Å²) >= 11 is 6.04. The standard InChI is InChI=1S/C26H29ClN2O4/c1-16(2)17-5-7-19(8-6-17)24(31)28-14-21(18-9-11-20(27)12-10-18)25(32)29-26-13-3-4-23(26)33-15-22(26)30/h5-12,16,21,23H,3-4,13-15H2,1-2H3,(H,28,31)(H,29,32). The number of carbonyl (C=O) groups excluding carboxylic acids is 3. The minimum absolute atomic E-state index is 0.0274. The SMILES string of the molecule is CC(C)c1ccc(C(=O)NCC(C(=O)NC23CCCC2OCC3=O)c2ccc(Cl)cc2)cc1. The first-order valence-corrected chi connectivity index (χ1v) is 11.8. The average Bonchev–Trinajstić information content (AvgIpc) is 3.34. The predicted octanol–water partition coefficient (Wildman–Crippen LogP) is 3.98. The summed E-state index contributed by atoms with van der Waals surface area (Å²) in [6.45, 7) is 4.31. The molecular weight excluding hydrogens is 440 g/mol. The summed E-state index contributed by atoms with van der Waals surface area (Å²) in [5.74, 6) is -0.943. The summed E-state index contributed by atoms with van der Waals surface area (Å²) < 4.78 is 5.63. The summed E-state index contributed by atoms with van der Waals surface area (Å²) in [6, 6.07) is 14.4. The van der Waals surface area contributed by atoms with E-state index in [2.05, 4.69) is 24.5 Å². The van der Waals surface area contributed by atoms with Crippen LogP contribution in [0.3, 0.4) is 0 Å². The first-order chi connectivity index (χ1) is 15.8. The highest BCUT2D eigenvalue weighted by atomic mass is 35.5. The summed E-state index contributed by atoms with van der Waals surface area (Å²) in [4.78, 5) is 38.8. The van der Waals surface area contributed by atoms with Gasteiger partial charge in [-0.3, -0.25) is 14.4 Å². The predicted molar refractivity (Wildman–Crippen MR) is 127 cm³/mol. The van der Waals surface area contributed by atoms with Gasteiger partial charge < -0.3 is 15.4 Å². The van der Waals surface area contributed by atoms with Gasteiger partial charge >= 0.3 is 0 Å². The van der Waals surface area contributed by atoms with Gasteiger partial charge in [0.1, 0.15) is 12.1 Å². The number of ether oxygens (including phenoxy) is 1. The van der Waals surface area contributed by atoms with Crippen LogP contribution in [-0.2, 0) is 14.3 Å². The van der Waals surface area contributed by atoms with Crippen LogP contribution in [0.25, 0.3) is 0 Å². The molecule has 1 aliphatic heterocycles. The topological polar surface area (TPSA) is 84.5 Å². The molecule has 2 amide bonds. The number of halogens is 1. The zero-order valence-corrected chi connectivity index (χ0v) is 19.7. The van der Waals surface area contributed by atoms with E-state index < -0.39 is 11.5 Å². The van der Waals surface area contributed by atoms with Gasteiger partial charge in [-0.15, -0.1) is 0 Å². The first-order valence-electron chi connectivity index (χ1n) is 11.4. The Kier molecular flexibility index (Phi) is 6.86. The minimum Gasteiger partial charge on any atom is -0.367 e. The lowest BCUT2D eigenvalue weighted by molar-refractivity contribution is -0.130. The van der Waals surface area contributed by atoms with Crippen molar-refractivity contribution in [2.75, 3.05) is 13.2 Å². The Morgan fingerprint density at radius 2 is 1.76 bits per heavy atom. The molecule has 174 valence electrons. The normalized spacial score (nSPS) is 22.8. The highest BCUT2D eigenvalue weighted by molar-refractivity contribution is 6.30. The Labute approximate surface area is 199 Å². The molecule has 2 aromatic rings. The Hall–Kier alpha value is -2.70. The fraction of sp³-hybridized carbons (Fsp3) is 0.423. The van der Waals surface area contributed by atoms with Crippen LogP contribution in [0.1, 0.15) is 66.4 Å². The number of benzene rings is 2. The van der Waals surface area contributed by atoms with E-state index >= 15 is 0 Å². The second kappa shape index (κ2) is 9.65. The number of amides is 2. The molecule has 1 heterocycles. The molecule has 6 nitrogen and oxygen atoms in total. The van der Waals surface area contributed by atoms with Gasteiger partial charge in [-0.1, -0.05) is 49.7 Å². The number of hydrogen-bond donors (Lipinski definition) is 2. The van der Waals surface area contributed by atoms with Crippen LogP contribution in [0, 0.1) is 0 Å². The minimum atomic E-state index is -0.960. The number of fused-ring (bicyclic) bond motifs is 1. The smallest absolute Gasteiger partial charge is 0.251 e. The van der Waals surface area contributed by atoms with Gasteiger partial charge in [-0.25, -0.2) is 0 Å². The summed E-state index contributed by atoms with van der Waals surface area (Å²) in [7, 11) is 0. The van der Waals surface area contributed by atoms with Gasteiger partial charge in [0.2, 0.25) is 5.91 Å². The second-order valence-electron chi connectivity index (χ2n) is 9.17. The zero-order valence-electron chi connectivity index (χ0n) is 18.9. The fourth-order valence-electron chi connectivity index (χ4n) is 4.72. The van der Waals surface area contributed by atoms with E-state index in [1.54, 1.807) is 36.4 Å². The second-order valence-corrected chi connectivity index (χ2v) is 9.60. The molecule has 0 spiro atoms. The molecule has 0 aromatic heterocycles. The Balaban J connectivity index is 1.51. The van der Waals surface area contributed by atoms with Crippen LogP contribution in [-0.4, -0.2) is 42.4 Å². The van der Waals surface area contributed by atoms with Crippen molar-refractivity contribution >= 4 is 29.2 Å². The highest BCUT2D eigenvalue weighted by Gasteiger charge is 2.55. The van der Waals surface area contributed by atoms with Crippen LogP contribution in [0.15, 0.2) is 48.5 Å². The van der Waals surface area contributed by atoms with Crippen molar-refractivity contribution in [1.82, 2.24) is 10.6 Å². The van der Waals surface area contributed by atoms with Crippen LogP contribution in [0.4, 0.5) is 0 Å². The average molecular weight is 469 g/mol. The largest absolute Gasteiger partial charge is 0.367 e. The van der Waals surface area contributed by atoms with Crippen molar-refractivity contribution in [3.8, 4) is 0 Å². The van der Waals surface area contributed by atoms with Crippen LogP contribution in [0.5, 0.6) is 0 Å². The Bertz CT molecular complexity index is 1040. The lowest BCUT2D eigenvalue weighted by Gasteiger charge is -2.30. The number of rotatable bonds is 7. The Morgan fingerprint density at radius 3 is 2.42 bits per heavy atom. The van der Waals surface area contributed by atoms with Crippen LogP contribution >= 0.6 is 11.6 Å². The molecule has 2 aliphatic rings. The molecule has 3 atom stereocenters. The van der Waals surface area contributed by atoms with Gasteiger partial charge in [-0.05, 0) is 60.6 Å². The molecule has 1 saturated heterocycles. The molecule has 4 rings (SSSR count). The van der Waals surface area contributed by atoms with Crippen molar-refractivity contribution in [3.05, 3.63) is 70.2 Å². The molecule has 2 fully saturated rings. The van der Waals surface area contributed by atoms with Crippen molar-refractivity contribution in [2.24, 2.45) is 0 Å². The van der Waals surface area contributed by atoms with Gasteiger partial charge in [0.15, 0.2) is 5.78 Å². The van der Waals surface area contributed by atoms with E-state index in [0.717, 1.165) is 18.4 Å². The highest BCUT2D eigenvalue weighted by Crippen LogP contribution is 2.38. The van der Waals surface area contributed by atoms with E-state index in [9.17, 15) is 14.4 Å². The van der Waals surface area contributed by atoms with Gasteiger partial charge in [-0.2, -0.15) is 0 Å². The van der Waals surface area contributed by atoms with E-state index in [1.807, 2.05) is 12.1 Å². The lowest BCUT2D eigenvalue weighted by Crippen LogP contribution is -2.57. The molecule has 7 heteroatoms. The van der Waals surface area contributed by atoms with Gasteiger partial charge in [0.05, 0.1) is 12.0 Å². The number of Topliss-reactive ketones (excluding diaryl/α,β-unsaturated/α-hetero) is 1. The summed E-state index contributed by atoms with van der Waals surface area (Å²) in [5, 5.41) is 6.45. The monoisotopic (exact) mass is 468 g/mol. The van der Waals surface area contributed by atoms with Crippen LogP contribution < -0.4 is 10.6 Å². The Morgan fingerprint density at radius 1 is 1.09 bits per heavy atom. The molecule has 3 unspecified atom stereocenters. The van der Waals surface area contributed by atoms with Crippen molar-refractivity contribution in [3.63, 3.8) is 0 Å². The van der Waals surface area contributed by atoms with Gasteiger partial charge in [0.25, 0.3) is 5.91 Å². The number of ketones is 1. The molecule has 1 saturated carbocycles. The van der Waals surface area contributed by atoms with Gasteiger partial charge in [0, 0.05) is 17.1 Å². The van der Waals surface area contributed by atoms with E-state index in [0.29, 0.717) is 28.5 Å². The maximum absolute atomic E-state index is 13.4. The molecular formula is C26H29ClN2O4. The molecule has 0 radical (unpaired) electrons. The van der Waals surface area contributed by atoms with E-state index in [-0.39, 0.29) is 36.9 Å². The number of nitrogens with one attached hydrogen (secondary N) is 2. The first kappa shape index (κ1) is 23.5. The zero-order chi connectivity index (χ0) is 23.6. The third kappa shape index (κ3) is 4.82. The molecule has 0 bridgehead atoms. The third-order valence-electron chi connectivity index (χ3n) is 6.74. The maximum Gasteiger partial charge on any atom is 0.251 e. The maximum atomic E-state index is 13.4. The van der Waals surface area contributed by atoms with Crippen molar-refractivity contribution in [2.45, 2.75) is 56.6 Å². The summed E-state index contributed by atoms with van der Waals surface area (Å²) in [6.07, 6.45) is 1.87. The summed E-state index contributed by atoms with van der Waals surface area (Å²) in [5.41, 5.74) is 1.44. The lowest BCUT2D eigenvalue weighted by atomic mass is 9.90. The van der Waals surface area contributed by atoms with Crippen molar-refractivity contribution < 1.29 is 19.1 Å². The third-order valence-corrected chi connectivity index (χ3v) is 6.99. The van der Waals surface area contributed by atoms with Crippen molar-refractivity contribution in [1.29, 1.82) is 0 Å². The van der Waals surface area contributed by atoms with E-state index in [1.165, 1.54) is 0 Å².